The van der Waals surface area contributed by atoms with Gasteiger partial charge in [0.2, 0.25) is 15.3 Å². The van der Waals surface area contributed by atoms with Gasteiger partial charge in [-0.25, -0.2) is 12.8 Å². The summed E-state index contributed by atoms with van der Waals surface area (Å²) in [6.45, 7) is 6.26. The fourth-order valence-corrected chi connectivity index (χ4v) is 5.09. The Kier molecular flexibility index (Phi) is 5.38. The number of halogens is 1. The smallest absolute Gasteiger partial charge is 0.211 e. The summed E-state index contributed by atoms with van der Waals surface area (Å²) in [6.07, 6.45) is 1.36. The van der Waals surface area contributed by atoms with E-state index in [9.17, 15) is 17.6 Å². The predicted molar refractivity (Wildman–Crippen MR) is 114 cm³/mol. The van der Waals surface area contributed by atoms with Crippen molar-refractivity contribution in [3.63, 3.8) is 0 Å². The van der Waals surface area contributed by atoms with Gasteiger partial charge in [0, 0.05) is 25.8 Å². The minimum absolute atomic E-state index is 0.0395. The molecule has 0 saturated carbocycles. The van der Waals surface area contributed by atoms with E-state index in [-0.39, 0.29) is 15.2 Å². The fourth-order valence-electron chi connectivity index (χ4n) is 3.72. The monoisotopic (exact) mass is 430 g/mol. The maximum Gasteiger partial charge on any atom is 0.211 e. The zero-order chi connectivity index (χ0) is 21.5. The van der Waals surface area contributed by atoms with E-state index in [4.69, 9.17) is 4.74 Å². The van der Waals surface area contributed by atoms with Crippen LogP contribution < -0.4 is 10.3 Å². The molecule has 3 aromatic rings. The number of pyridine rings is 1. The number of morpholine rings is 1. The molecule has 2 aromatic carbocycles. The van der Waals surface area contributed by atoms with Crippen LogP contribution in [0.15, 0.2) is 57.2 Å². The molecule has 0 spiro atoms. The lowest BCUT2D eigenvalue weighted by atomic mass is 10.1. The Labute approximate surface area is 174 Å². The Morgan fingerprint density at radius 2 is 1.77 bits per heavy atom. The van der Waals surface area contributed by atoms with Crippen LogP contribution in [0.1, 0.15) is 12.5 Å². The summed E-state index contributed by atoms with van der Waals surface area (Å²) in [6, 6.07) is 9.10. The van der Waals surface area contributed by atoms with Crippen molar-refractivity contribution in [2.24, 2.45) is 0 Å². The van der Waals surface area contributed by atoms with Gasteiger partial charge in [0.05, 0.1) is 34.7 Å². The zero-order valence-electron chi connectivity index (χ0n) is 16.9. The van der Waals surface area contributed by atoms with Crippen molar-refractivity contribution in [1.29, 1.82) is 0 Å². The van der Waals surface area contributed by atoms with Gasteiger partial charge in [-0.05, 0) is 38.1 Å². The molecule has 4 rings (SSSR count). The van der Waals surface area contributed by atoms with E-state index < -0.39 is 21.1 Å². The standard InChI is InChI=1S/C22H23FN2O4S/c1-3-24-14-21(30(27,28)16-6-4-15(2)5-7-16)22(26)17-12-18(23)20(13-19(17)24)25-8-10-29-11-9-25/h4-7,12-14H,3,8-11H2,1-2H3. The highest BCUT2D eigenvalue weighted by Crippen LogP contribution is 2.28. The van der Waals surface area contributed by atoms with Crippen LogP contribution >= 0.6 is 0 Å². The van der Waals surface area contributed by atoms with Crippen molar-refractivity contribution in [2.45, 2.75) is 30.2 Å². The topological polar surface area (TPSA) is 68.6 Å². The third-order valence-corrected chi connectivity index (χ3v) is 7.19. The molecule has 0 atom stereocenters. The third kappa shape index (κ3) is 3.50. The summed E-state index contributed by atoms with van der Waals surface area (Å²) in [5.41, 5.74) is 1.12. The van der Waals surface area contributed by atoms with E-state index in [0.29, 0.717) is 44.1 Å². The number of rotatable bonds is 4. The highest BCUT2D eigenvalue weighted by atomic mass is 32.2. The van der Waals surface area contributed by atoms with Crippen LogP contribution in [0, 0.1) is 12.7 Å². The van der Waals surface area contributed by atoms with E-state index in [2.05, 4.69) is 0 Å². The number of ether oxygens (including phenoxy) is 1. The first-order valence-electron chi connectivity index (χ1n) is 9.84. The van der Waals surface area contributed by atoms with Crippen LogP contribution in [0.3, 0.4) is 0 Å². The summed E-state index contributed by atoms with van der Waals surface area (Å²) < 4.78 is 48.2. The molecule has 30 heavy (non-hydrogen) atoms. The Morgan fingerprint density at radius 3 is 2.40 bits per heavy atom. The quantitative estimate of drug-likeness (QED) is 0.636. The molecule has 0 radical (unpaired) electrons. The van der Waals surface area contributed by atoms with Gasteiger partial charge in [-0.1, -0.05) is 17.7 Å². The molecule has 1 aromatic heterocycles. The second-order valence-electron chi connectivity index (χ2n) is 7.35. The minimum Gasteiger partial charge on any atom is -0.378 e. The predicted octanol–water partition coefficient (Wildman–Crippen LogP) is 3.14. The molecule has 0 amide bonds. The van der Waals surface area contributed by atoms with Crippen LogP contribution in [0.2, 0.25) is 0 Å². The normalized spacial score (nSPS) is 15.0. The van der Waals surface area contributed by atoms with Gasteiger partial charge < -0.3 is 14.2 Å². The number of hydrogen-bond donors (Lipinski definition) is 0. The number of aryl methyl sites for hydroxylation is 2. The van der Waals surface area contributed by atoms with Gasteiger partial charge in [0.1, 0.15) is 10.7 Å². The molecular weight excluding hydrogens is 407 g/mol. The van der Waals surface area contributed by atoms with Crippen LogP contribution in [-0.4, -0.2) is 39.3 Å². The number of sulfone groups is 1. The SMILES string of the molecule is CCn1cc(S(=O)(=O)c2ccc(C)cc2)c(=O)c2cc(F)c(N3CCOCC3)cc21. The van der Waals surface area contributed by atoms with E-state index in [1.54, 1.807) is 22.8 Å². The molecule has 158 valence electrons. The van der Waals surface area contributed by atoms with Crippen LogP contribution in [0.5, 0.6) is 0 Å². The molecular formula is C22H23FN2O4S. The van der Waals surface area contributed by atoms with E-state index >= 15 is 0 Å². The van der Waals surface area contributed by atoms with Gasteiger partial charge in [-0.2, -0.15) is 0 Å². The average molecular weight is 431 g/mol. The molecule has 6 nitrogen and oxygen atoms in total. The summed E-state index contributed by atoms with van der Waals surface area (Å²) in [7, 11) is -4.04. The van der Waals surface area contributed by atoms with Crippen molar-refractivity contribution in [3.8, 4) is 0 Å². The molecule has 0 aliphatic carbocycles. The fraction of sp³-hybridized carbons (Fsp3) is 0.318. The number of nitrogens with zero attached hydrogens (tertiary/aromatic N) is 2. The van der Waals surface area contributed by atoms with Crippen LogP contribution in [0.25, 0.3) is 10.9 Å². The minimum atomic E-state index is -4.04. The maximum absolute atomic E-state index is 14.9. The first-order valence-corrected chi connectivity index (χ1v) is 11.3. The van der Waals surface area contributed by atoms with Crippen molar-refractivity contribution < 1.29 is 17.5 Å². The molecule has 1 fully saturated rings. The summed E-state index contributed by atoms with van der Waals surface area (Å²) in [5, 5.41) is 0.0551. The van der Waals surface area contributed by atoms with E-state index in [1.165, 1.54) is 18.3 Å². The van der Waals surface area contributed by atoms with Crippen LogP contribution in [0.4, 0.5) is 10.1 Å². The van der Waals surface area contributed by atoms with Crippen molar-refractivity contribution in [2.75, 3.05) is 31.2 Å². The van der Waals surface area contributed by atoms with Crippen molar-refractivity contribution in [3.05, 3.63) is 64.2 Å². The highest BCUT2D eigenvalue weighted by Gasteiger charge is 2.25. The second kappa shape index (κ2) is 7.85. The number of benzene rings is 2. The number of aromatic nitrogens is 1. The Morgan fingerprint density at radius 1 is 1.10 bits per heavy atom. The second-order valence-corrected chi connectivity index (χ2v) is 9.26. The Hall–Kier alpha value is -2.71. The number of fused-ring (bicyclic) bond motifs is 1. The highest BCUT2D eigenvalue weighted by molar-refractivity contribution is 7.91. The lowest BCUT2D eigenvalue weighted by Gasteiger charge is -2.29. The van der Waals surface area contributed by atoms with Crippen molar-refractivity contribution >= 4 is 26.4 Å². The molecule has 0 bridgehead atoms. The van der Waals surface area contributed by atoms with Gasteiger partial charge in [-0.15, -0.1) is 0 Å². The summed E-state index contributed by atoms with van der Waals surface area (Å²) in [5.74, 6) is -0.547. The molecule has 0 unspecified atom stereocenters. The van der Waals surface area contributed by atoms with Crippen LogP contribution in [-0.2, 0) is 21.1 Å². The van der Waals surface area contributed by atoms with E-state index in [0.717, 1.165) is 11.6 Å². The summed E-state index contributed by atoms with van der Waals surface area (Å²) >= 11 is 0. The molecule has 0 N–H and O–H groups in total. The molecule has 1 aliphatic heterocycles. The van der Waals surface area contributed by atoms with E-state index in [1.807, 2.05) is 18.7 Å². The van der Waals surface area contributed by atoms with Gasteiger partial charge >= 0.3 is 0 Å². The zero-order valence-corrected chi connectivity index (χ0v) is 17.7. The lowest BCUT2D eigenvalue weighted by Crippen LogP contribution is -2.36. The number of hydrogen-bond acceptors (Lipinski definition) is 5. The Bertz CT molecular complexity index is 1260. The van der Waals surface area contributed by atoms with Gasteiger partial charge in [-0.3, -0.25) is 4.79 Å². The number of anilines is 1. The largest absolute Gasteiger partial charge is 0.378 e. The molecule has 8 heteroatoms. The Balaban J connectivity index is 1.92. The first-order chi connectivity index (χ1) is 14.3. The lowest BCUT2D eigenvalue weighted by molar-refractivity contribution is 0.122. The van der Waals surface area contributed by atoms with Gasteiger partial charge in [0.25, 0.3) is 0 Å². The molecule has 1 aliphatic rings. The third-order valence-electron chi connectivity index (χ3n) is 5.43. The molecule has 1 saturated heterocycles. The maximum atomic E-state index is 14.9. The average Bonchev–Trinajstić information content (AvgIpc) is 2.75. The molecule has 2 heterocycles. The van der Waals surface area contributed by atoms with Gasteiger partial charge in [0.15, 0.2) is 0 Å². The summed E-state index contributed by atoms with van der Waals surface area (Å²) in [4.78, 5) is 14.7. The first kappa shape index (κ1) is 20.6. The van der Waals surface area contributed by atoms with Crippen molar-refractivity contribution in [1.82, 2.24) is 4.57 Å².